The molecular formula is C25H34N4O4S. The third-order valence-electron chi connectivity index (χ3n) is 6.36. The second-order valence-electron chi connectivity index (χ2n) is 8.91. The van der Waals surface area contributed by atoms with Crippen LogP contribution in [0.2, 0.25) is 0 Å². The number of ether oxygens (including phenoxy) is 2. The lowest BCUT2D eigenvalue weighted by Crippen LogP contribution is -2.50. The molecule has 0 bridgehead atoms. The average molecular weight is 487 g/mol. The molecule has 34 heavy (non-hydrogen) atoms. The number of carbonyl (C=O) groups is 2. The van der Waals surface area contributed by atoms with Gasteiger partial charge in [0.1, 0.15) is 6.10 Å². The van der Waals surface area contributed by atoms with E-state index in [0.717, 1.165) is 53.2 Å². The fourth-order valence-corrected chi connectivity index (χ4v) is 5.70. The summed E-state index contributed by atoms with van der Waals surface area (Å²) in [4.78, 5) is 33.8. The lowest BCUT2D eigenvalue weighted by atomic mass is 10.0. The molecule has 2 aliphatic rings. The summed E-state index contributed by atoms with van der Waals surface area (Å²) in [6.07, 6.45) is 4.65. The second-order valence-corrected chi connectivity index (χ2v) is 9.99. The molecule has 2 amide bonds. The van der Waals surface area contributed by atoms with Crippen molar-refractivity contribution < 1.29 is 19.1 Å². The van der Waals surface area contributed by atoms with Crippen LogP contribution in [0, 0.1) is 6.92 Å². The number of nitrogens with one attached hydrogen (secondary N) is 2. The Morgan fingerprint density at radius 2 is 2.24 bits per heavy atom. The van der Waals surface area contributed by atoms with Crippen molar-refractivity contribution in [3.05, 3.63) is 40.4 Å². The fraction of sp³-hybridized carbons (Fsp3) is 0.560. The lowest BCUT2D eigenvalue weighted by Gasteiger charge is -2.33. The molecule has 1 saturated carbocycles. The van der Waals surface area contributed by atoms with E-state index in [1.807, 2.05) is 17.2 Å². The highest BCUT2D eigenvalue weighted by molar-refractivity contribution is 7.15. The van der Waals surface area contributed by atoms with Gasteiger partial charge < -0.3 is 25.0 Å². The molecule has 2 fully saturated rings. The number of hydrogen-bond acceptors (Lipinski definition) is 7. The Kier molecular flexibility index (Phi) is 8.18. The Hall–Kier alpha value is -2.49. The van der Waals surface area contributed by atoms with E-state index < -0.39 is 12.2 Å². The number of methoxy groups -OCH3 is 1. The zero-order valence-electron chi connectivity index (χ0n) is 20.1. The molecule has 2 aromatic heterocycles. The summed E-state index contributed by atoms with van der Waals surface area (Å²) in [6, 6.07) is 6.48. The molecule has 2 N–H and O–H groups in total. The number of morpholine rings is 1. The maximum atomic E-state index is 13.4. The summed E-state index contributed by atoms with van der Waals surface area (Å²) < 4.78 is 10.5. The van der Waals surface area contributed by atoms with Gasteiger partial charge in [-0.1, -0.05) is 6.07 Å². The van der Waals surface area contributed by atoms with E-state index in [1.54, 1.807) is 11.3 Å². The van der Waals surface area contributed by atoms with Crippen molar-refractivity contribution in [2.24, 2.45) is 0 Å². The Bertz CT molecular complexity index is 1000. The summed E-state index contributed by atoms with van der Waals surface area (Å²) in [6.45, 7) is 6.64. The van der Waals surface area contributed by atoms with Gasteiger partial charge in [-0.15, -0.1) is 11.3 Å². The Labute approximate surface area is 205 Å². The van der Waals surface area contributed by atoms with Crippen molar-refractivity contribution in [2.45, 2.75) is 57.7 Å². The molecule has 0 radical (unpaired) electrons. The number of nitrogens with zero attached hydrogens (tertiary/aromatic N) is 2. The maximum Gasteiger partial charge on any atom is 0.406 e. The number of hydrogen-bond donors (Lipinski definition) is 2. The fourth-order valence-electron chi connectivity index (χ4n) is 4.37. The van der Waals surface area contributed by atoms with E-state index in [-0.39, 0.29) is 18.0 Å². The highest BCUT2D eigenvalue weighted by atomic mass is 32.1. The Morgan fingerprint density at radius 1 is 1.41 bits per heavy atom. The Morgan fingerprint density at radius 3 is 2.91 bits per heavy atom. The highest BCUT2D eigenvalue weighted by Crippen LogP contribution is 2.42. The first-order valence-corrected chi connectivity index (χ1v) is 12.8. The first-order valence-electron chi connectivity index (χ1n) is 12.0. The van der Waals surface area contributed by atoms with Crippen LogP contribution >= 0.6 is 11.3 Å². The van der Waals surface area contributed by atoms with Crippen molar-refractivity contribution >= 4 is 23.3 Å². The van der Waals surface area contributed by atoms with Crippen LogP contribution in [-0.2, 0) is 20.7 Å². The van der Waals surface area contributed by atoms with Crippen molar-refractivity contribution in [3.8, 4) is 10.6 Å². The van der Waals surface area contributed by atoms with Crippen LogP contribution < -0.4 is 10.6 Å². The van der Waals surface area contributed by atoms with Crippen LogP contribution in [0.4, 0.5) is 4.79 Å². The third kappa shape index (κ3) is 5.76. The summed E-state index contributed by atoms with van der Waals surface area (Å²) in [5.41, 5.74) is 3.29. The van der Waals surface area contributed by atoms with Gasteiger partial charge in [0.15, 0.2) is 0 Å². The number of aromatic nitrogens is 1. The molecule has 0 unspecified atom stereocenters. The predicted molar refractivity (Wildman–Crippen MR) is 132 cm³/mol. The molecule has 184 valence electrons. The number of pyridine rings is 1. The quantitative estimate of drug-likeness (QED) is 0.528. The molecule has 0 aromatic carbocycles. The molecule has 0 spiro atoms. The largest absolute Gasteiger partial charge is 0.453 e. The lowest BCUT2D eigenvalue weighted by molar-refractivity contribution is -0.148. The minimum atomic E-state index is -0.418. The summed E-state index contributed by atoms with van der Waals surface area (Å²) in [7, 11) is 1.37. The molecule has 4 rings (SSSR count). The van der Waals surface area contributed by atoms with Crippen LogP contribution in [0.25, 0.3) is 10.6 Å². The van der Waals surface area contributed by atoms with Crippen LogP contribution in [-0.4, -0.2) is 67.4 Å². The van der Waals surface area contributed by atoms with Gasteiger partial charge in [0.2, 0.25) is 0 Å². The number of alkyl carbamates (subject to hydrolysis) is 1. The van der Waals surface area contributed by atoms with Crippen LogP contribution in [0.3, 0.4) is 0 Å². The summed E-state index contributed by atoms with van der Waals surface area (Å²) >= 11 is 1.72. The molecule has 2 atom stereocenters. The van der Waals surface area contributed by atoms with E-state index in [9.17, 15) is 9.59 Å². The summed E-state index contributed by atoms with van der Waals surface area (Å²) in [5, 5.41) is 6.02. The molecule has 1 aliphatic carbocycles. The zero-order chi connectivity index (χ0) is 24.1. The topological polar surface area (TPSA) is 92.8 Å². The van der Waals surface area contributed by atoms with Crippen LogP contribution in [0.1, 0.15) is 48.2 Å². The minimum Gasteiger partial charge on any atom is -0.453 e. The van der Waals surface area contributed by atoms with E-state index in [4.69, 9.17) is 4.74 Å². The molecule has 2 aromatic rings. The molecule has 9 heteroatoms. The van der Waals surface area contributed by atoms with Gasteiger partial charge in [-0.2, -0.15) is 0 Å². The van der Waals surface area contributed by atoms with Crippen molar-refractivity contribution in [3.63, 3.8) is 0 Å². The van der Waals surface area contributed by atoms with E-state index >= 15 is 0 Å². The van der Waals surface area contributed by atoms with Gasteiger partial charge in [0, 0.05) is 36.8 Å². The molecule has 8 nitrogen and oxygen atoms in total. The van der Waals surface area contributed by atoms with Crippen molar-refractivity contribution in [2.75, 3.05) is 33.4 Å². The smallest absolute Gasteiger partial charge is 0.406 e. The highest BCUT2D eigenvalue weighted by Gasteiger charge is 2.40. The predicted octanol–water partition coefficient (Wildman–Crippen LogP) is 3.45. The SMILES string of the molecule is COC(=O)NCCCc1cc([C@@H](C)N(C(=O)[C@H]2CNCCO2)C2CC2)sc1-c1ncccc1C. The van der Waals surface area contributed by atoms with Crippen molar-refractivity contribution in [1.29, 1.82) is 0 Å². The third-order valence-corrected chi connectivity index (χ3v) is 7.71. The molecular weight excluding hydrogens is 452 g/mol. The minimum absolute atomic E-state index is 0.0414. The van der Waals surface area contributed by atoms with E-state index in [1.165, 1.54) is 12.7 Å². The monoisotopic (exact) mass is 486 g/mol. The van der Waals surface area contributed by atoms with Gasteiger partial charge >= 0.3 is 6.09 Å². The number of rotatable bonds is 9. The standard InChI is InChI=1S/C25H34N4O4S/c1-16-6-4-10-27-22(16)23-18(7-5-11-28-25(31)32-3)14-21(34-23)17(2)29(19-8-9-19)24(30)20-15-26-12-13-33-20/h4,6,10,14,17,19-20,26H,5,7-9,11-13,15H2,1-3H3,(H,28,31)/t17-,20-/m1/s1. The number of amides is 2. The number of thiophene rings is 1. The Balaban J connectivity index is 1.58. The zero-order valence-corrected chi connectivity index (χ0v) is 21.0. The van der Waals surface area contributed by atoms with Gasteiger partial charge in [-0.05, 0) is 62.8 Å². The van der Waals surface area contributed by atoms with Crippen LogP contribution in [0.15, 0.2) is 24.4 Å². The van der Waals surface area contributed by atoms with Gasteiger partial charge in [-0.3, -0.25) is 9.78 Å². The number of aryl methyl sites for hydroxylation is 2. The van der Waals surface area contributed by atoms with Crippen LogP contribution in [0.5, 0.6) is 0 Å². The maximum absolute atomic E-state index is 13.4. The molecule has 1 saturated heterocycles. The summed E-state index contributed by atoms with van der Waals surface area (Å²) in [5.74, 6) is 0.0787. The first kappa shape index (κ1) is 24.6. The van der Waals surface area contributed by atoms with Gasteiger partial charge in [-0.25, -0.2) is 4.79 Å². The van der Waals surface area contributed by atoms with E-state index in [0.29, 0.717) is 19.7 Å². The van der Waals surface area contributed by atoms with Crippen molar-refractivity contribution in [1.82, 2.24) is 20.5 Å². The first-order chi connectivity index (χ1) is 16.5. The van der Waals surface area contributed by atoms with E-state index in [2.05, 4.69) is 46.3 Å². The van der Waals surface area contributed by atoms with Gasteiger partial charge in [0.05, 0.1) is 30.3 Å². The molecule has 1 aliphatic heterocycles. The number of carbonyl (C=O) groups excluding carboxylic acids is 2. The average Bonchev–Trinajstić information content (AvgIpc) is 3.60. The normalized spacial score (nSPS) is 18.9. The molecule has 3 heterocycles. The second kappa shape index (κ2) is 11.3. The van der Waals surface area contributed by atoms with Gasteiger partial charge in [0.25, 0.3) is 5.91 Å².